The zero-order chi connectivity index (χ0) is 18.4. The summed E-state index contributed by atoms with van der Waals surface area (Å²) in [6.07, 6.45) is 6.54. The molecule has 2 N–H and O–H groups in total. The molecule has 1 amide bonds. The first-order valence-corrected chi connectivity index (χ1v) is 9.56. The Morgan fingerprint density at radius 2 is 2.12 bits per heavy atom. The highest BCUT2D eigenvalue weighted by molar-refractivity contribution is 5.83. The summed E-state index contributed by atoms with van der Waals surface area (Å²) in [5.41, 5.74) is 2.47. The lowest BCUT2D eigenvalue weighted by Crippen LogP contribution is -2.51. The maximum absolute atomic E-state index is 11.9. The van der Waals surface area contributed by atoms with Gasteiger partial charge in [-0.05, 0) is 50.3 Å². The number of nitrogens with one attached hydrogen (secondary N) is 1. The number of carbonyl (C=O) groups is 2. The lowest BCUT2D eigenvalue weighted by Gasteiger charge is -2.33. The number of nitrogens with zero attached hydrogens (tertiary/aromatic N) is 3. The first kappa shape index (κ1) is 18.6. The van der Waals surface area contributed by atoms with Gasteiger partial charge in [-0.3, -0.25) is 14.5 Å². The van der Waals surface area contributed by atoms with Crippen LogP contribution in [0.25, 0.3) is 0 Å². The molecule has 142 valence electrons. The second-order valence-corrected chi connectivity index (χ2v) is 7.14. The average molecular weight is 360 g/mol. The van der Waals surface area contributed by atoms with Crippen LogP contribution in [-0.2, 0) is 22.4 Å². The van der Waals surface area contributed by atoms with E-state index < -0.39 is 5.97 Å². The smallest absolute Gasteiger partial charge is 0.323 e. The van der Waals surface area contributed by atoms with Crippen molar-refractivity contribution in [3.8, 4) is 0 Å². The van der Waals surface area contributed by atoms with Crippen molar-refractivity contribution in [2.24, 2.45) is 0 Å². The number of aliphatic carboxylic acids is 1. The number of hydrogen-bond acceptors (Lipinski definition) is 5. The maximum atomic E-state index is 11.9. The van der Waals surface area contributed by atoms with E-state index in [1.54, 1.807) is 0 Å². The van der Waals surface area contributed by atoms with Crippen LogP contribution in [0, 0.1) is 0 Å². The number of amides is 1. The minimum atomic E-state index is -0.946. The summed E-state index contributed by atoms with van der Waals surface area (Å²) in [5.74, 6) is 0.0358. The van der Waals surface area contributed by atoms with E-state index in [1.165, 1.54) is 16.9 Å². The van der Waals surface area contributed by atoms with Crippen molar-refractivity contribution in [3.05, 3.63) is 23.4 Å². The standard InChI is InChI=1S/C19H28N4O3/c24-17-13-22(11-12-23(17)14-18(25)26)10-3-1-2-6-16-8-7-15-5-4-9-20-19(15)21-16/h7-8H,1-6,9-14H2,(H,20,21)(H,25,26). The van der Waals surface area contributed by atoms with Crippen LogP contribution < -0.4 is 5.32 Å². The van der Waals surface area contributed by atoms with Gasteiger partial charge in [0.15, 0.2) is 0 Å². The summed E-state index contributed by atoms with van der Waals surface area (Å²) in [5, 5.41) is 12.2. The van der Waals surface area contributed by atoms with Crippen LogP contribution in [0.1, 0.15) is 36.9 Å². The average Bonchev–Trinajstić information content (AvgIpc) is 2.63. The fourth-order valence-electron chi connectivity index (χ4n) is 3.60. The van der Waals surface area contributed by atoms with Crippen molar-refractivity contribution in [2.75, 3.05) is 44.6 Å². The summed E-state index contributed by atoms with van der Waals surface area (Å²) in [4.78, 5) is 30.9. The number of anilines is 1. The second-order valence-electron chi connectivity index (χ2n) is 7.14. The molecule has 3 rings (SSSR count). The third-order valence-corrected chi connectivity index (χ3v) is 5.08. The van der Waals surface area contributed by atoms with Gasteiger partial charge in [0.25, 0.3) is 0 Å². The Kier molecular flexibility index (Phi) is 6.44. The molecule has 1 aromatic rings. The largest absolute Gasteiger partial charge is 0.480 e. The number of pyridine rings is 1. The minimum absolute atomic E-state index is 0.0793. The first-order chi connectivity index (χ1) is 12.6. The van der Waals surface area contributed by atoms with Gasteiger partial charge in [0.05, 0.1) is 6.54 Å². The molecule has 26 heavy (non-hydrogen) atoms. The van der Waals surface area contributed by atoms with Crippen LogP contribution in [0.2, 0.25) is 0 Å². The Labute approximate surface area is 154 Å². The van der Waals surface area contributed by atoms with Crippen LogP contribution in [0.4, 0.5) is 5.82 Å². The van der Waals surface area contributed by atoms with Gasteiger partial charge in [-0.2, -0.15) is 0 Å². The predicted octanol–water partition coefficient (Wildman–Crippen LogP) is 1.38. The highest BCUT2D eigenvalue weighted by Crippen LogP contribution is 2.20. The number of aromatic nitrogens is 1. The van der Waals surface area contributed by atoms with Gasteiger partial charge in [-0.25, -0.2) is 4.98 Å². The fraction of sp³-hybridized carbons (Fsp3) is 0.632. The summed E-state index contributed by atoms with van der Waals surface area (Å²) in [6.45, 7) is 3.34. The van der Waals surface area contributed by atoms with E-state index in [0.29, 0.717) is 13.1 Å². The number of piperazine rings is 1. The van der Waals surface area contributed by atoms with Crippen LogP contribution in [0.3, 0.4) is 0 Å². The number of hydrogen-bond donors (Lipinski definition) is 2. The molecule has 0 aromatic carbocycles. The lowest BCUT2D eigenvalue weighted by molar-refractivity contribution is -0.147. The summed E-state index contributed by atoms with van der Waals surface area (Å²) >= 11 is 0. The van der Waals surface area contributed by atoms with Gasteiger partial charge < -0.3 is 15.3 Å². The molecule has 0 spiro atoms. The van der Waals surface area contributed by atoms with Crippen molar-refractivity contribution in [1.82, 2.24) is 14.8 Å². The van der Waals surface area contributed by atoms with E-state index in [0.717, 1.165) is 63.3 Å². The Bertz CT molecular complexity index is 650. The van der Waals surface area contributed by atoms with E-state index in [9.17, 15) is 9.59 Å². The zero-order valence-corrected chi connectivity index (χ0v) is 15.2. The molecular weight excluding hydrogens is 332 g/mol. The minimum Gasteiger partial charge on any atom is -0.480 e. The Morgan fingerprint density at radius 3 is 2.92 bits per heavy atom. The molecule has 3 heterocycles. The highest BCUT2D eigenvalue weighted by Gasteiger charge is 2.24. The highest BCUT2D eigenvalue weighted by atomic mass is 16.4. The monoisotopic (exact) mass is 360 g/mol. The third-order valence-electron chi connectivity index (χ3n) is 5.08. The van der Waals surface area contributed by atoms with Crippen LogP contribution in [-0.4, -0.2) is 71.0 Å². The number of aryl methyl sites for hydroxylation is 2. The summed E-state index contributed by atoms with van der Waals surface area (Å²) in [7, 11) is 0. The summed E-state index contributed by atoms with van der Waals surface area (Å²) in [6, 6.07) is 4.35. The quantitative estimate of drug-likeness (QED) is 0.681. The molecule has 0 saturated carbocycles. The van der Waals surface area contributed by atoms with Gasteiger partial charge in [0.1, 0.15) is 12.4 Å². The van der Waals surface area contributed by atoms with E-state index in [1.807, 2.05) is 0 Å². The lowest BCUT2D eigenvalue weighted by atomic mass is 10.1. The van der Waals surface area contributed by atoms with Crippen molar-refractivity contribution in [2.45, 2.75) is 38.5 Å². The second kappa shape index (κ2) is 8.98. The maximum Gasteiger partial charge on any atom is 0.323 e. The van der Waals surface area contributed by atoms with Crippen molar-refractivity contribution >= 4 is 17.7 Å². The van der Waals surface area contributed by atoms with Crippen molar-refractivity contribution < 1.29 is 14.7 Å². The number of unbranched alkanes of at least 4 members (excludes halogenated alkanes) is 2. The van der Waals surface area contributed by atoms with Gasteiger partial charge in [-0.1, -0.05) is 12.5 Å². The van der Waals surface area contributed by atoms with Gasteiger partial charge in [0, 0.05) is 25.3 Å². The Hall–Kier alpha value is -2.15. The molecule has 7 nitrogen and oxygen atoms in total. The first-order valence-electron chi connectivity index (χ1n) is 9.56. The molecule has 0 radical (unpaired) electrons. The van der Waals surface area contributed by atoms with E-state index >= 15 is 0 Å². The molecule has 2 aliphatic heterocycles. The third kappa shape index (κ3) is 5.17. The van der Waals surface area contributed by atoms with Crippen LogP contribution in [0.5, 0.6) is 0 Å². The predicted molar refractivity (Wildman–Crippen MR) is 99.3 cm³/mol. The Morgan fingerprint density at radius 1 is 1.23 bits per heavy atom. The van der Waals surface area contributed by atoms with Crippen LogP contribution >= 0.6 is 0 Å². The molecule has 0 aliphatic carbocycles. The molecule has 1 fully saturated rings. The molecule has 1 aromatic heterocycles. The van der Waals surface area contributed by atoms with Gasteiger partial charge in [0.2, 0.25) is 5.91 Å². The van der Waals surface area contributed by atoms with Gasteiger partial charge >= 0.3 is 5.97 Å². The van der Waals surface area contributed by atoms with Crippen LogP contribution in [0.15, 0.2) is 12.1 Å². The number of carboxylic acid groups (broad SMARTS) is 1. The van der Waals surface area contributed by atoms with Crippen molar-refractivity contribution in [1.29, 1.82) is 0 Å². The van der Waals surface area contributed by atoms with E-state index in [4.69, 9.17) is 10.1 Å². The molecule has 0 atom stereocenters. The molecule has 1 saturated heterocycles. The molecule has 7 heteroatoms. The SMILES string of the molecule is O=C(O)CN1CCN(CCCCCc2ccc3c(n2)NCCC3)CC1=O. The zero-order valence-electron chi connectivity index (χ0n) is 15.2. The molecule has 0 unspecified atom stereocenters. The molecule has 0 bridgehead atoms. The molecule has 2 aliphatic rings. The fourth-order valence-corrected chi connectivity index (χ4v) is 3.60. The van der Waals surface area contributed by atoms with Gasteiger partial charge in [-0.15, -0.1) is 0 Å². The topological polar surface area (TPSA) is 85.8 Å². The number of carboxylic acids is 1. The van der Waals surface area contributed by atoms with E-state index in [2.05, 4.69) is 22.3 Å². The number of rotatable bonds is 8. The number of fused-ring (bicyclic) bond motifs is 1. The normalized spacial score (nSPS) is 17.7. The van der Waals surface area contributed by atoms with E-state index in [-0.39, 0.29) is 12.5 Å². The molecular formula is C19H28N4O3. The van der Waals surface area contributed by atoms with Crippen molar-refractivity contribution in [3.63, 3.8) is 0 Å². The summed E-state index contributed by atoms with van der Waals surface area (Å²) < 4.78 is 0. The Balaban J connectivity index is 1.32. The number of carbonyl (C=O) groups excluding carboxylic acids is 1.